The second kappa shape index (κ2) is 8.05. The van der Waals surface area contributed by atoms with E-state index in [9.17, 15) is 4.79 Å². The van der Waals surface area contributed by atoms with E-state index in [0.29, 0.717) is 6.04 Å². The molecule has 1 atom stereocenters. The number of benzene rings is 1. The quantitative estimate of drug-likeness (QED) is 0.711. The summed E-state index contributed by atoms with van der Waals surface area (Å²) < 4.78 is 4.42. The fraction of sp³-hybridized carbons (Fsp3) is 0.545. The number of likely N-dealkylation sites (tertiary alicyclic amines) is 1. The fourth-order valence-electron chi connectivity index (χ4n) is 4.18. The summed E-state index contributed by atoms with van der Waals surface area (Å²) in [6, 6.07) is 4.75. The van der Waals surface area contributed by atoms with E-state index in [1.807, 2.05) is 20.8 Å². The maximum absolute atomic E-state index is 12.7. The zero-order valence-electron chi connectivity index (χ0n) is 17.4. The number of amides is 1. The molecular formula is C22H32ClN3O. The largest absolute Gasteiger partial charge is 1.00 e. The maximum Gasteiger partial charge on any atom is 0.249 e. The molecule has 1 amide bonds. The molecule has 1 aliphatic rings. The monoisotopic (exact) mass is 389 g/mol. The van der Waals surface area contributed by atoms with Crippen molar-refractivity contribution < 1.29 is 21.8 Å². The molecule has 3 rings (SSSR count). The SMILES string of the molecule is Cc1cc(C)c(-n2cc[n+](C[C@@H]3CCCN3C(=O)C(C)(C)C)c2)c(C)c1.[Cl-]. The Hall–Kier alpha value is -1.81. The summed E-state index contributed by atoms with van der Waals surface area (Å²) in [5.41, 5.74) is 4.82. The number of carbonyl (C=O) groups excluding carboxylic acids is 1. The van der Waals surface area contributed by atoms with Crippen molar-refractivity contribution >= 4 is 5.91 Å². The lowest BCUT2D eigenvalue weighted by atomic mass is 9.94. The zero-order valence-corrected chi connectivity index (χ0v) is 18.2. The first-order chi connectivity index (χ1) is 12.2. The summed E-state index contributed by atoms with van der Waals surface area (Å²) >= 11 is 0. The van der Waals surface area contributed by atoms with Crippen LogP contribution in [0.5, 0.6) is 0 Å². The highest BCUT2D eigenvalue weighted by molar-refractivity contribution is 5.82. The van der Waals surface area contributed by atoms with Gasteiger partial charge in [-0.1, -0.05) is 38.5 Å². The summed E-state index contributed by atoms with van der Waals surface area (Å²) in [7, 11) is 0. The molecule has 27 heavy (non-hydrogen) atoms. The molecule has 1 aliphatic heterocycles. The van der Waals surface area contributed by atoms with E-state index in [2.05, 4.69) is 65.7 Å². The van der Waals surface area contributed by atoms with Gasteiger partial charge in [-0.3, -0.25) is 4.79 Å². The Morgan fingerprint density at radius 3 is 2.41 bits per heavy atom. The molecule has 148 valence electrons. The van der Waals surface area contributed by atoms with Crippen LogP contribution in [0, 0.1) is 26.2 Å². The van der Waals surface area contributed by atoms with Gasteiger partial charge in [0.2, 0.25) is 12.2 Å². The predicted octanol–water partition coefficient (Wildman–Crippen LogP) is 0.731. The van der Waals surface area contributed by atoms with Crippen molar-refractivity contribution in [3.8, 4) is 5.69 Å². The van der Waals surface area contributed by atoms with Gasteiger partial charge in [-0.15, -0.1) is 0 Å². The van der Waals surface area contributed by atoms with Gasteiger partial charge >= 0.3 is 0 Å². The van der Waals surface area contributed by atoms with Crippen LogP contribution in [0.25, 0.3) is 5.69 Å². The first kappa shape index (κ1) is 21.5. The average Bonchev–Trinajstić information content (AvgIpc) is 3.15. The van der Waals surface area contributed by atoms with Crippen molar-refractivity contribution in [2.45, 2.75) is 67.0 Å². The fourth-order valence-corrected chi connectivity index (χ4v) is 4.18. The maximum atomic E-state index is 12.7. The second-order valence-electron chi connectivity index (χ2n) is 8.81. The molecule has 0 spiro atoms. The Kier molecular flexibility index (Phi) is 6.41. The number of aryl methyl sites for hydroxylation is 3. The van der Waals surface area contributed by atoms with Crippen molar-refractivity contribution in [1.82, 2.24) is 9.47 Å². The highest BCUT2D eigenvalue weighted by Crippen LogP contribution is 2.26. The van der Waals surface area contributed by atoms with Crippen molar-refractivity contribution in [2.75, 3.05) is 6.54 Å². The van der Waals surface area contributed by atoms with E-state index >= 15 is 0 Å². The zero-order chi connectivity index (χ0) is 19.1. The van der Waals surface area contributed by atoms with Crippen molar-refractivity contribution in [1.29, 1.82) is 0 Å². The van der Waals surface area contributed by atoms with Crippen LogP contribution >= 0.6 is 0 Å². The Labute approximate surface area is 169 Å². The summed E-state index contributed by atoms with van der Waals surface area (Å²) in [4.78, 5) is 14.8. The molecule has 0 aliphatic carbocycles. The van der Waals surface area contributed by atoms with Crippen LogP contribution in [-0.4, -0.2) is 28.0 Å². The van der Waals surface area contributed by atoms with Crippen molar-refractivity contribution in [2.24, 2.45) is 5.41 Å². The molecule has 1 aromatic carbocycles. The average molecular weight is 390 g/mol. The molecule has 1 aromatic heterocycles. The highest BCUT2D eigenvalue weighted by atomic mass is 35.5. The van der Waals surface area contributed by atoms with Gasteiger partial charge in [-0.05, 0) is 44.7 Å². The van der Waals surface area contributed by atoms with Crippen LogP contribution in [-0.2, 0) is 11.3 Å². The van der Waals surface area contributed by atoms with Gasteiger partial charge in [0.1, 0.15) is 24.6 Å². The van der Waals surface area contributed by atoms with E-state index in [4.69, 9.17) is 0 Å². The van der Waals surface area contributed by atoms with Crippen molar-refractivity contribution in [3.05, 3.63) is 47.5 Å². The number of halogens is 1. The molecular weight excluding hydrogens is 358 g/mol. The summed E-state index contributed by atoms with van der Waals surface area (Å²) in [5, 5.41) is 0. The first-order valence-electron chi connectivity index (χ1n) is 9.63. The van der Waals surface area contributed by atoms with Crippen LogP contribution in [0.4, 0.5) is 0 Å². The Morgan fingerprint density at radius 1 is 1.19 bits per heavy atom. The normalized spacial score (nSPS) is 17.1. The number of aromatic nitrogens is 2. The summed E-state index contributed by atoms with van der Waals surface area (Å²) in [6.07, 6.45) is 8.58. The molecule has 1 saturated heterocycles. The topological polar surface area (TPSA) is 29.1 Å². The standard InChI is InChI=1S/C22H32N3O.ClH/c1-16-12-17(2)20(18(3)13-16)24-11-10-23(15-24)14-19-8-7-9-25(19)21(26)22(4,5)6;/h10-13,15,19H,7-9,14H2,1-6H3;1H/q+1;/p-1/t19-;/m0./s1. The number of hydrogen-bond acceptors (Lipinski definition) is 1. The van der Waals surface area contributed by atoms with E-state index in [1.54, 1.807) is 0 Å². The van der Waals surface area contributed by atoms with Gasteiger partial charge in [-0.2, -0.15) is 0 Å². The lowest BCUT2D eigenvalue weighted by Gasteiger charge is -2.30. The number of imidazole rings is 1. The van der Waals surface area contributed by atoms with Crippen molar-refractivity contribution in [3.63, 3.8) is 0 Å². The predicted molar refractivity (Wildman–Crippen MR) is 104 cm³/mol. The minimum Gasteiger partial charge on any atom is -1.00 e. The Balaban J connectivity index is 0.00000261. The van der Waals surface area contributed by atoms with Crippen LogP contribution in [0.2, 0.25) is 0 Å². The molecule has 0 bridgehead atoms. The lowest BCUT2D eigenvalue weighted by molar-refractivity contribution is -0.699. The van der Waals surface area contributed by atoms with E-state index < -0.39 is 0 Å². The number of nitrogens with zero attached hydrogens (tertiary/aromatic N) is 3. The van der Waals surface area contributed by atoms with Crippen LogP contribution in [0.15, 0.2) is 30.9 Å². The van der Waals surface area contributed by atoms with E-state index in [0.717, 1.165) is 25.9 Å². The first-order valence-corrected chi connectivity index (χ1v) is 9.63. The Morgan fingerprint density at radius 2 is 1.81 bits per heavy atom. The molecule has 0 N–H and O–H groups in total. The minimum atomic E-state index is -0.310. The molecule has 5 heteroatoms. The van der Waals surface area contributed by atoms with Crippen LogP contribution in [0.3, 0.4) is 0 Å². The minimum absolute atomic E-state index is 0. The van der Waals surface area contributed by atoms with Gasteiger partial charge in [0.05, 0.1) is 6.04 Å². The van der Waals surface area contributed by atoms with E-state index in [-0.39, 0.29) is 23.7 Å². The third-order valence-electron chi connectivity index (χ3n) is 5.29. The number of hydrogen-bond donors (Lipinski definition) is 0. The molecule has 0 unspecified atom stereocenters. The molecule has 4 nitrogen and oxygen atoms in total. The lowest BCUT2D eigenvalue weighted by Crippen LogP contribution is -3.00. The van der Waals surface area contributed by atoms with Gasteiger partial charge in [-0.25, -0.2) is 9.13 Å². The summed E-state index contributed by atoms with van der Waals surface area (Å²) in [6.45, 7) is 14.3. The Bertz CT molecular complexity index is 796. The van der Waals surface area contributed by atoms with E-state index in [1.165, 1.54) is 22.4 Å². The molecule has 0 radical (unpaired) electrons. The number of rotatable bonds is 3. The molecule has 2 heterocycles. The third kappa shape index (κ3) is 4.55. The van der Waals surface area contributed by atoms with Crippen LogP contribution < -0.4 is 17.0 Å². The van der Waals surface area contributed by atoms with Gasteiger partial charge < -0.3 is 17.3 Å². The third-order valence-corrected chi connectivity index (χ3v) is 5.29. The summed E-state index contributed by atoms with van der Waals surface area (Å²) in [5.74, 6) is 0.269. The highest BCUT2D eigenvalue weighted by Gasteiger charge is 2.36. The van der Waals surface area contributed by atoms with Gasteiger partial charge in [0, 0.05) is 12.0 Å². The van der Waals surface area contributed by atoms with Gasteiger partial charge in [0.25, 0.3) is 0 Å². The smallest absolute Gasteiger partial charge is 0.249 e. The van der Waals surface area contributed by atoms with Crippen LogP contribution in [0.1, 0.15) is 50.3 Å². The van der Waals surface area contributed by atoms with Gasteiger partial charge in [0.15, 0.2) is 0 Å². The molecule has 1 fully saturated rings. The number of carbonyl (C=O) groups is 1. The second-order valence-corrected chi connectivity index (χ2v) is 8.81. The molecule has 0 saturated carbocycles. The molecule has 2 aromatic rings.